The summed E-state index contributed by atoms with van der Waals surface area (Å²) in [6.45, 7) is 3.02. The topological polar surface area (TPSA) is 63.4 Å². The molecule has 138 valence electrons. The number of anilines is 2. The number of fused-ring (bicyclic) bond motifs is 1. The van der Waals surface area contributed by atoms with Crippen molar-refractivity contribution in [2.75, 3.05) is 25.0 Å². The smallest absolute Gasteiger partial charge is 0.320 e. The summed E-state index contributed by atoms with van der Waals surface area (Å²) in [6.07, 6.45) is 6.83. The van der Waals surface area contributed by atoms with Crippen LogP contribution >= 0.6 is 11.6 Å². The van der Waals surface area contributed by atoms with Crippen LogP contribution in [0.3, 0.4) is 0 Å². The van der Waals surface area contributed by atoms with E-state index in [2.05, 4.69) is 20.4 Å². The van der Waals surface area contributed by atoms with Crippen molar-refractivity contribution < 1.29 is 9.15 Å². The fourth-order valence-corrected chi connectivity index (χ4v) is 4.28. The highest BCUT2D eigenvalue weighted by atomic mass is 35.5. The van der Waals surface area contributed by atoms with E-state index in [4.69, 9.17) is 20.8 Å². The number of nitrogens with zero attached hydrogens (tertiary/aromatic N) is 3. The Morgan fingerprint density at radius 2 is 1.96 bits per heavy atom. The number of hydrogen-bond acceptors (Lipinski definition) is 6. The predicted octanol–water partition coefficient (Wildman–Crippen LogP) is 4.13. The Morgan fingerprint density at radius 1 is 1.12 bits per heavy atom. The van der Waals surface area contributed by atoms with E-state index < -0.39 is 0 Å². The van der Waals surface area contributed by atoms with Crippen LogP contribution in [-0.2, 0) is 6.42 Å². The molecule has 0 atom stereocenters. The molecule has 1 aromatic carbocycles. The number of aromatic nitrogens is 2. The maximum atomic E-state index is 6.40. The fraction of sp³-hybridized carbons (Fsp3) is 0.579. The van der Waals surface area contributed by atoms with Gasteiger partial charge in [0.2, 0.25) is 5.89 Å². The second-order valence-electron chi connectivity index (χ2n) is 7.46. The molecule has 2 aromatic rings. The van der Waals surface area contributed by atoms with Gasteiger partial charge in [0.1, 0.15) is 5.75 Å². The summed E-state index contributed by atoms with van der Waals surface area (Å²) in [7, 11) is 0. The highest BCUT2D eigenvalue weighted by Gasteiger charge is 2.33. The van der Waals surface area contributed by atoms with Gasteiger partial charge < -0.3 is 19.4 Å². The minimum atomic E-state index is 0.358. The van der Waals surface area contributed by atoms with E-state index in [9.17, 15) is 0 Å². The molecular weight excluding hydrogens is 352 g/mol. The standard InChI is InChI=1S/C19H23ClN4O2/c20-15-5-6-16-14(2-1-11-25-16)17(15)21-19-23-22-18(26-19)12-7-9-24(10-8-12)13-3-4-13/h5-6,12-13H,1-4,7-11H2,(H,21,23). The monoisotopic (exact) mass is 374 g/mol. The lowest BCUT2D eigenvalue weighted by Gasteiger charge is -2.30. The lowest BCUT2D eigenvalue weighted by atomic mass is 9.97. The lowest BCUT2D eigenvalue weighted by Crippen LogP contribution is -2.34. The van der Waals surface area contributed by atoms with Gasteiger partial charge in [0.25, 0.3) is 0 Å². The molecular formula is C19H23ClN4O2. The molecule has 0 bridgehead atoms. The number of ether oxygens (including phenoxy) is 1. The van der Waals surface area contributed by atoms with Crippen LogP contribution in [0.2, 0.25) is 5.02 Å². The number of likely N-dealkylation sites (tertiary alicyclic amines) is 1. The van der Waals surface area contributed by atoms with Gasteiger partial charge in [-0.25, -0.2) is 0 Å². The number of nitrogens with one attached hydrogen (secondary N) is 1. The summed E-state index contributed by atoms with van der Waals surface area (Å²) in [5.41, 5.74) is 1.91. The second-order valence-corrected chi connectivity index (χ2v) is 7.87. The van der Waals surface area contributed by atoms with Crippen molar-refractivity contribution in [3.05, 3.63) is 28.6 Å². The molecule has 0 radical (unpaired) electrons. The summed E-state index contributed by atoms with van der Waals surface area (Å²) in [5, 5.41) is 12.4. The molecule has 0 spiro atoms. The number of rotatable bonds is 4. The van der Waals surface area contributed by atoms with Gasteiger partial charge in [-0.15, -0.1) is 5.10 Å². The van der Waals surface area contributed by atoms with Crippen molar-refractivity contribution >= 4 is 23.3 Å². The molecule has 7 heteroatoms. The summed E-state index contributed by atoms with van der Waals surface area (Å²) >= 11 is 6.40. The normalized spacial score (nSPS) is 21.3. The molecule has 2 fully saturated rings. The quantitative estimate of drug-likeness (QED) is 0.867. The molecule has 0 amide bonds. The van der Waals surface area contributed by atoms with Gasteiger partial charge in [-0.3, -0.25) is 0 Å². The lowest BCUT2D eigenvalue weighted by molar-refractivity contribution is 0.192. The molecule has 5 rings (SSSR count). The van der Waals surface area contributed by atoms with Gasteiger partial charge in [0, 0.05) is 17.5 Å². The Bertz CT molecular complexity index is 797. The Balaban J connectivity index is 1.30. The third kappa shape index (κ3) is 3.16. The van der Waals surface area contributed by atoms with E-state index >= 15 is 0 Å². The van der Waals surface area contributed by atoms with Crippen LogP contribution in [0.15, 0.2) is 16.5 Å². The highest BCUT2D eigenvalue weighted by molar-refractivity contribution is 6.33. The fourth-order valence-electron chi connectivity index (χ4n) is 4.06. The molecule has 2 aliphatic heterocycles. The van der Waals surface area contributed by atoms with Crippen LogP contribution in [0, 0.1) is 0 Å². The summed E-state index contributed by atoms with van der Waals surface area (Å²) in [4.78, 5) is 2.60. The van der Waals surface area contributed by atoms with Crippen molar-refractivity contribution in [1.82, 2.24) is 15.1 Å². The first-order chi connectivity index (χ1) is 12.8. The first-order valence-electron chi connectivity index (χ1n) is 9.56. The molecule has 3 aliphatic rings. The van der Waals surface area contributed by atoms with Gasteiger partial charge in [-0.2, -0.15) is 0 Å². The van der Waals surface area contributed by atoms with E-state index in [0.29, 0.717) is 17.0 Å². The molecule has 6 nitrogen and oxygen atoms in total. The molecule has 3 heterocycles. The first-order valence-corrected chi connectivity index (χ1v) is 9.94. The van der Waals surface area contributed by atoms with E-state index in [1.54, 1.807) is 0 Å². The van der Waals surface area contributed by atoms with Gasteiger partial charge in [-0.1, -0.05) is 16.7 Å². The summed E-state index contributed by atoms with van der Waals surface area (Å²) < 4.78 is 11.7. The number of halogens is 1. The Morgan fingerprint density at radius 3 is 2.77 bits per heavy atom. The van der Waals surface area contributed by atoms with Crippen molar-refractivity contribution in [2.24, 2.45) is 0 Å². The SMILES string of the molecule is Clc1ccc2c(c1Nc1nnc(C3CCN(C4CC4)CC3)o1)CCCO2. The van der Waals surface area contributed by atoms with Crippen LogP contribution in [-0.4, -0.2) is 40.8 Å². The molecule has 1 N–H and O–H groups in total. The molecule has 1 aromatic heterocycles. The number of hydrogen-bond donors (Lipinski definition) is 1. The number of piperidine rings is 1. The predicted molar refractivity (Wildman–Crippen MR) is 99.4 cm³/mol. The molecule has 1 saturated carbocycles. The molecule has 1 aliphatic carbocycles. The third-order valence-electron chi connectivity index (χ3n) is 5.66. The van der Waals surface area contributed by atoms with Crippen LogP contribution < -0.4 is 10.1 Å². The molecule has 0 unspecified atom stereocenters. The van der Waals surface area contributed by atoms with Crippen LogP contribution in [0.5, 0.6) is 5.75 Å². The Hall–Kier alpha value is -1.79. The van der Waals surface area contributed by atoms with Gasteiger partial charge in [-0.05, 0) is 63.7 Å². The first kappa shape index (κ1) is 16.4. The van der Waals surface area contributed by atoms with Gasteiger partial charge >= 0.3 is 6.01 Å². The maximum absolute atomic E-state index is 6.40. The van der Waals surface area contributed by atoms with Crippen molar-refractivity contribution in [2.45, 2.75) is 50.5 Å². The summed E-state index contributed by atoms with van der Waals surface area (Å²) in [6, 6.07) is 5.02. The third-order valence-corrected chi connectivity index (χ3v) is 5.98. The van der Waals surface area contributed by atoms with E-state index in [0.717, 1.165) is 74.3 Å². The van der Waals surface area contributed by atoms with Crippen LogP contribution in [0.4, 0.5) is 11.7 Å². The zero-order chi connectivity index (χ0) is 17.5. The van der Waals surface area contributed by atoms with Crippen LogP contribution in [0.1, 0.15) is 49.5 Å². The van der Waals surface area contributed by atoms with E-state index in [1.807, 2.05) is 12.1 Å². The van der Waals surface area contributed by atoms with E-state index in [-0.39, 0.29) is 0 Å². The average Bonchev–Trinajstić information content (AvgIpc) is 3.43. The Kier molecular flexibility index (Phi) is 4.25. The van der Waals surface area contributed by atoms with Crippen molar-refractivity contribution in [3.8, 4) is 5.75 Å². The molecule has 26 heavy (non-hydrogen) atoms. The maximum Gasteiger partial charge on any atom is 0.320 e. The Labute approximate surface area is 157 Å². The minimum absolute atomic E-state index is 0.358. The molecule has 1 saturated heterocycles. The summed E-state index contributed by atoms with van der Waals surface area (Å²) in [5.74, 6) is 1.98. The zero-order valence-electron chi connectivity index (χ0n) is 14.7. The number of benzene rings is 1. The van der Waals surface area contributed by atoms with Crippen molar-refractivity contribution in [1.29, 1.82) is 0 Å². The zero-order valence-corrected chi connectivity index (χ0v) is 15.5. The van der Waals surface area contributed by atoms with Crippen molar-refractivity contribution in [3.63, 3.8) is 0 Å². The highest BCUT2D eigenvalue weighted by Crippen LogP contribution is 2.39. The van der Waals surface area contributed by atoms with Crippen LogP contribution in [0.25, 0.3) is 0 Å². The second kappa shape index (κ2) is 6.74. The largest absolute Gasteiger partial charge is 0.493 e. The average molecular weight is 375 g/mol. The van der Waals surface area contributed by atoms with Gasteiger partial charge in [0.15, 0.2) is 0 Å². The van der Waals surface area contributed by atoms with E-state index in [1.165, 1.54) is 12.8 Å². The van der Waals surface area contributed by atoms with Gasteiger partial charge in [0.05, 0.1) is 17.3 Å². The minimum Gasteiger partial charge on any atom is -0.493 e.